The minimum Gasteiger partial charge on any atom is -0.343 e. The van der Waals surface area contributed by atoms with Crippen molar-refractivity contribution in [3.8, 4) is 22.3 Å². The van der Waals surface area contributed by atoms with Gasteiger partial charge in [-0.15, -0.1) is 69.1 Å². The van der Waals surface area contributed by atoms with Crippen LogP contribution in [-0.2, 0) is 26.2 Å². The van der Waals surface area contributed by atoms with E-state index in [1.165, 1.54) is 99.7 Å². The Labute approximate surface area is 393 Å². The van der Waals surface area contributed by atoms with Crippen LogP contribution in [0.4, 0.5) is 0 Å². The quantitative estimate of drug-likeness (QED) is 0.115. The van der Waals surface area contributed by atoms with Crippen LogP contribution in [0, 0.1) is 27.7 Å². The molecule has 2 radical (unpaired) electrons. The molecule has 0 saturated heterocycles. The number of benzene rings is 8. The molecule has 10 aromatic rings. The van der Waals surface area contributed by atoms with E-state index in [0.717, 1.165) is 22.4 Å². The summed E-state index contributed by atoms with van der Waals surface area (Å²) in [6, 6.07) is 73.6. The van der Waals surface area contributed by atoms with Crippen molar-refractivity contribution in [1.29, 1.82) is 0 Å². The summed E-state index contributed by atoms with van der Waals surface area (Å²) in [5, 5.41) is 13.4. The largest absolute Gasteiger partial charge is 4.00 e. The Morgan fingerprint density at radius 3 is 1.06 bits per heavy atom. The molecular formula is C60H58SiZr. The summed E-state index contributed by atoms with van der Waals surface area (Å²) in [5.74, 6) is 0. The molecule has 0 heterocycles. The van der Waals surface area contributed by atoms with Crippen molar-refractivity contribution in [1.82, 2.24) is 0 Å². The molecule has 0 nitrogen and oxygen atoms in total. The van der Waals surface area contributed by atoms with Gasteiger partial charge in [-0.2, -0.15) is 25.0 Å². The van der Waals surface area contributed by atoms with Crippen LogP contribution in [0.5, 0.6) is 0 Å². The van der Waals surface area contributed by atoms with Crippen molar-refractivity contribution in [2.75, 3.05) is 0 Å². The molecule has 2 heteroatoms. The SMILES string of the molecule is Cc1cc2c(-c3cccc4ccccc34)cccc2[cH-]1.Cc1cc2c(-c3cccc4ccccc34)cccc2[cH-]1.[CH2-]CCC.[CH2-]CCC.[Zr+4].c1ccc([Si]c2ccccc2)cc1. The second kappa shape index (κ2) is 24.9. The first kappa shape index (κ1) is 47.6. The van der Waals surface area contributed by atoms with Gasteiger partial charge in [-0.25, -0.2) is 0 Å². The monoisotopic (exact) mass is 896 g/mol. The van der Waals surface area contributed by atoms with Crippen LogP contribution in [0.15, 0.2) is 206 Å². The third-order valence-corrected chi connectivity index (χ3v) is 11.7. The van der Waals surface area contributed by atoms with E-state index in [0.29, 0.717) is 0 Å². The van der Waals surface area contributed by atoms with E-state index in [9.17, 15) is 0 Å². The normalized spacial score (nSPS) is 10.3. The minimum absolute atomic E-state index is 0. The molecular weight excluding hydrogens is 840 g/mol. The van der Waals surface area contributed by atoms with Gasteiger partial charge < -0.3 is 13.8 Å². The van der Waals surface area contributed by atoms with E-state index >= 15 is 0 Å². The predicted molar refractivity (Wildman–Crippen MR) is 273 cm³/mol. The fraction of sp³-hybridized carbons (Fsp3) is 0.133. The van der Waals surface area contributed by atoms with E-state index in [-0.39, 0.29) is 26.2 Å². The van der Waals surface area contributed by atoms with Crippen molar-refractivity contribution in [2.45, 2.75) is 53.4 Å². The molecule has 0 N–H and O–H groups in total. The molecule has 0 amide bonds. The second-order valence-corrected chi connectivity index (χ2v) is 16.7. The van der Waals surface area contributed by atoms with Crippen LogP contribution in [0.25, 0.3) is 65.3 Å². The first-order valence-electron chi connectivity index (χ1n) is 21.7. The van der Waals surface area contributed by atoms with Crippen molar-refractivity contribution in [3.63, 3.8) is 0 Å². The van der Waals surface area contributed by atoms with Gasteiger partial charge in [-0.1, -0.05) is 220 Å². The Morgan fingerprint density at radius 2 is 0.694 bits per heavy atom. The average Bonchev–Trinajstić information content (AvgIpc) is 3.91. The Kier molecular flexibility index (Phi) is 19.1. The molecule has 0 aliphatic heterocycles. The number of hydrogen-bond donors (Lipinski definition) is 0. The van der Waals surface area contributed by atoms with Crippen molar-refractivity contribution in [3.05, 3.63) is 231 Å². The summed E-state index contributed by atoms with van der Waals surface area (Å²) in [6.07, 6.45) is 4.56. The van der Waals surface area contributed by atoms with Gasteiger partial charge in [-0.05, 0) is 32.7 Å². The van der Waals surface area contributed by atoms with Crippen LogP contribution >= 0.6 is 0 Å². The molecule has 0 bridgehead atoms. The molecule has 62 heavy (non-hydrogen) atoms. The molecule has 0 aromatic heterocycles. The molecule has 0 unspecified atom stereocenters. The van der Waals surface area contributed by atoms with Gasteiger partial charge in [0.25, 0.3) is 0 Å². The maximum Gasteiger partial charge on any atom is 4.00 e. The van der Waals surface area contributed by atoms with Gasteiger partial charge >= 0.3 is 26.2 Å². The zero-order valence-corrected chi connectivity index (χ0v) is 40.3. The van der Waals surface area contributed by atoms with Crippen LogP contribution < -0.4 is 10.4 Å². The standard InChI is InChI=1S/2C20H15.C12H10Si.2C4H9.Zr/c2*1-14-12-16-8-5-11-19(20(16)13-14)18-10-4-7-15-6-2-3-9-17(15)18;1-3-7-11(8-4-1)13-12-9-5-2-6-10-12;2*1-3-4-2;/h2*2-13H,1H3;1-10H;2*1,3-4H2,2H3;/q2*-1;;2*-1;+4. The van der Waals surface area contributed by atoms with Crippen LogP contribution in [0.2, 0.25) is 0 Å². The maximum absolute atomic E-state index is 3.60. The van der Waals surface area contributed by atoms with Crippen LogP contribution in [0.1, 0.15) is 50.7 Å². The summed E-state index contributed by atoms with van der Waals surface area (Å²) in [5.41, 5.74) is 7.94. The summed E-state index contributed by atoms with van der Waals surface area (Å²) in [6.45, 7) is 15.8. The fourth-order valence-electron chi connectivity index (χ4n) is 7.37. The number of rotatable bonds is 6. The van der Waals surface area contributed by atoms with Gasteiger partial charge in [-0.3, -0.25) is 0 Å². The molecule has 0 atom stereocenters. The number of hydrogen-bond acceptors (Lipinski definition) is 0. The smallest absolute Gasteiger partial charge is 0.343 e. The summed E-state index contributed by atoms with van der Waals surface area (Å²) in [7, 11) is 0.777. The van der Waals surface area contributed by atoms with Gasteiger partial charge in [0, 0.05) is 0 Å². The third kappa shape index (κ3) is 12.8. The molecule has 0 spiro atoms. The first-order chi connectivity index (χ1) is 29.9. The third-order valence-electron chi connectivity index (χ3n) is 10.5. The Hall–Kier alpha value is -5.40. The first-order valence-corrected chi connectivity index (χ1v) is 22.7. The minimum atomic E-state index is 0. The second-order valence-electron chi connectivity index (χ2n) is 15.3. The topological polar surface area (TPSA) is 0 Å². The van der Waals surface area contributed by atoms with Crippen molar-refractivity contribution in [2.24, 2.45) is 0 Å². The van der Waals surface area contributed by atoms with Gasteiger partial charge in [0.1, 0.15) is 9.52 Å². The van der Waals surface area contributed by atoms with E-state index in [1.807, 2.05) is 0 Å². The van der Waals surface area contributed by atoms with E-state index in [4.69, 9.17) is 0 Å². The number of fused-ring (bicyclic) bond motifs is 4. The molecule has 10 rings (SSSR count). The number of aryl methyl sites for hydroxylation is 2. The van der Waals surface area contributed by atoms with Crippen molar-refractivity contribution >= 4 is 63.0 Å². The van der Waals surface area contributed by atoms with E-state index in [1.54, 1.807) is 0 Å². The molecule has 10 aromatic carbocycles. The Morgan fingerprint density at radius 1 is 0.387 bits per heavy atom. The van der Waals surface area contributed by atoms with Crippen LogP contribution in [0.3, 0.4) is 0 Å². The van der Waals surface area contributed by atoms with Gasteiger partial charge in [0.05, 0.1) is 0 Å². The fourth-order valence-corrected chi connectivity index (χ4v) is 8.42. The maximum atomic E-state index is 3.60. The van der Waals surface area contributed by atoms with Crippen LogP contribution in [-0.4, -0.2) is 9.52 Å². The van der Waals surface area contributed by atoms with E-state index in [2.05, 4.69) is 248 Å². The molecule has 0 aliphatic rings. The Balaban J connectivity index is 0.000000163. The zero-order chi connectivity index (χ0) is 42.8. The van der Waals surface area contributed by atoms with E-state index < -0.39 is 0 Å². The van der Waals surface area contributed by atoms with Crippen molar-refractivity contribution < 1.29 is 26.2 Å². The summed E-state index contributed by atoms with van der Waals surface area (Å²) < 4.78 is 0. The molecule has 306 valence electrons. The van der Waals surface area contributed by atoms with Gasteiger partial charge in [0.15, 0.2) is 0 Å². The Bertz CT molecular complexity index is 2630. The summed E-state index contributed by atoms with van der Waals surface area (Å²) >= 11 is 0. The molecule has 0 fully saturated rings. The number of unbranched alkanes of at least 4 members (excludes halogenated alkanes) is 2. The molecule has 0 saturated carbocycles. The van der Waals surface area contributed by atoms with Gasteiger partial charge in [0.2, 0.25) is 0 Å². The predicted octanol–water partition coefficient (Wildman–Crippen LogP) is 16.0. The zero-order valence-electron chi connectivity index (χ0n) is 36.9. The summed E-state index contributed by atoms with van der Waals surface area (Å²) in [4.78, 5) is 0. The molecule has 0 aliphatic carbocycles. The average molecular weight is 898 g/mol.